The van der Waals surface area contributed by atoms with Gasteiger partial charge in [-0.25, -0.2) is 0 Å². The second kappa shape index (κ2) is 7.61. The number of hydrogen-bond donors (Lipinski definition) is 2. The van der Waals surface area contributed by atoms with E-state index in [1.807, 2.05) is 30.3 Å². The SMILES string of the molecule is NC(=NCCc1ccccc1)NCCN1C(=O)c2ccccc2C1=O. The Morgan fingerprint density at radius 2 is 1.56 bits per heavy atom. The summed E-state index contributed by atoms with van der Waals surface area (Å²) in [5, 5.41) is 2.95. The Labute approximate surface area is 146 Å². The van der Waals surface area contributed by atoms with Gasteiger partial charge in [0, 0.05) is 19.6 Å². The maximum atomic E-state index is 12.2. The van der Waals surface area contributed by atoms with Gasteiger partial charge in [-0.1, -0.05) is 42.5 Å². The van der Waals surface area contributed by atoms with Gasteiger partial charge in [-0.05, 0) is 24.1 Å². The van der Waals surface area contributed by atoms with E-state index in [1.165, 1.54) is 10.5 Å². The van der Waals surface area contributed by atoms with Gasteiger partial charge < -0.3 is 11.1 Å². The lowest BCUT2D eigenvalue weighted by Gasteiger charge is -2.14. The van der Waals surface area contributed by atoms with Crippen molar-refractivity contribution >= 4 is 17.8 Å². The van der Waals surface area contributed by atoms with Crippen LogP contribution in [-0.4, -0.2) is 42.3 Å². The summed E-state index contributed by atoms with van der Waals surface area (Å²) in [6.07, 6.45) is 0.807. The number of nitrogens with one attached hydrogen (secondary N) is 1. The quantitative estimate of drug-likeness (QED) is 0.474. The number of nitrogens with zero attached hydrogens (tertiary/aromatic N) is 2. The molecule has 1 heterocycles. The molecule has 0 bridgehead atoms. The molecule has 3 rings (SSSR count). The number of carbonyl (C=O) groups is 2. The van der Waals surface area contributed by atoms with E-state index < -0.39 is 0 Å². The predicted octanol–water partition coefficient (Wildman–Crippen LogP) is 1.43. The van der Waals surface area contributed by atoms with Crippen LogP contribution in [0.3, 0.4) is 0 Å². The minimum absolute atomic E-state index is 0.251. The summed E-state index contributed by atoms with van der Waals surface area (Å²) in [4.78, 5) is 29.9. The maximum Gasteiger partial charge on any atom is 0.261 e. The molecule has 2 aromatic rings. The van der Waals surface area contributed by atoms with Crippen molar-refractivity contribution < 1.29 is 9.59 Å². The van der Waals surface area contributed by atoms with Crippen LogP contribution in [-0.2, 0) is 6.42 Å². The van der Waals surface area contributed by atoms with Gasteiger partial charge in [-0.15, -0.1) is 0 Å². The van der Waals surface area contributed by atoms with E-state index in [4.69, 9.17) is 5.73 Å². The van der Waals surface area contributed by atoms with Crippen molar-refractivity contribution in [1.82, 2.24) is 10.2 Å². The molecule has 2 amide bonds. The number of amides is 2. The molecule has 0 aliphatic carbocycles. The topological polar surface area (TPSA) is 87.8 Å². The predicted molar refractivity (Wildman–Crippen MR) is 96.4 cm³/mol. The molecule has 0 spiro atoms. The largest absolute Gasteiger partial charge is 0.370 e. The third-order valence-corrected chi connectivity index (χ3v) is 4.05. The van der Waals surface area contributed by atoms with Crippen molar-refractivity contribution in [3.05, 3.63) is 71.3 Å². The highest BCUT2D eigenvalue weighted by Gasteiger charge is 2.34. The summed E-state index contributed by atoms with van der Waals surface area (Å²) < 4.78 is 0. The zero-order chi connectivity index (χ0) is 17.6. The van der Waals surface area contributed by atoms with Gasteiger partial charge in [-0.3, -0.25) is 19.5 Å². The average molecular weight is 336 g/mol. The first-order valence-electron chi connectivity index (χ1n) is 8.20. The van der Waals surface area contributed by atoms with Gasteiger partial charge in [0.15, 0.2) is 5.96 Å². The lowest BCUT2D eigenvalue weighted by molar-refractivity contribution is 0.0657. The Hall–Kier alpha value is -3.15. The fourth-order valence-corrected chi connectivity index (χ4v) is 2.74. The molecule has 0 fully saturated rings. The lowest BCUT2D eigenvalue weighted by atomic mass is 10.1. The van der Waals surface area contributed by atoms with Crippen molar-refractivity contribution in [1.29, 1.82) is 0 Å². The van der Waals surface area contributed by atoms with Crippen molar-refractivity contribution in [3.8, 4) is 0 Å². The van der Waals surface area contributed by atoms with E-state index in [2.05, 4.69) is 10.3 Å². The summed E-state index contributed by atoms with van der Waals surface area (Å²) in [5.41, 5.74) is 7.94. The van der Waals surface area contributed by atoms with E-state index in [9.17, 15) is 9.59 Å². The second-order valence-corrected chi connectivity index (χ2v) is 5.74. The van der Waals surface area contributed by atoms with Crippen LogP contribution in [0.5, 0.6) is 0 Å². The van der Waals surface area contributed by atoms with Gasteiger partial charge in [0.05, 0.1) is 11.1 Å². The minimum atomic E-state index is -0.262. The summed E-state index contributed by atoms with van der Waals surface area (Å²) >= 11 is 0. The van der Waals surface area contributed by atoms with Crippen molar-refractivity contribution in [2.45, 2.75) is 6.42 Å². The molecule has 0 atom stereocenters. The molecule has 128 valence electrons. The molecule has 0 unspecified atom stereocenters. The van der Waals surface area contributed by atoms with Crippen LogP contribution < -0.4 is 11.1 Å². The van der Waals surface area contributed by atoms with Crippen LogP contribution in [0.1, 0.15) is 26.3 Å². The zero-order valence-corrected chi connectivity index (χ0v) is 13.8. The molecule has 0 aromatic heterocycles. The number of imide groups is 1. The van der Waals surface area contributed by atoms with Crippen LogP contribution in [0.2, 0.25) is 0 Å². The molecule has 2 aromatic carbocycles. The van der Waals surface area contributed by atoms with Gasteiger partial charge in [0.25, 0.3) is 11.8 Å². The van der Waals surface area contributed by atoms with Gasteiger partial charge in [-0.2, -0.15) is 0 Å². The summed E-state index contributed by atoms with van der Waals surface area (Å²) in [6, 6.07) is 16.9. The number of guanidine groups is 1. The van der Waals surface area contributed by atoms with E-state index in [0.29, 0.717) is 30.2 Å². The van der Waals surface area contributed by atoms with Crippen LogP contribution in [0.4, 0.5) is 0 Å². The number of nitrogens with two attached hydrogens (primary N) is 1. The van der Waals surface area contributed by atoms with Crippen molar-refractivity contribution in [3.63, 3.8) is 0 Å². The van der Waals surface area contributed by atoms with Gasteiger partial charge in [0.2, 0.25) is 0 Å². The number of carbonyl (C=O) groups excluding carboxylic acids is 2. The van der Waals surface area contributed by atoms with Gasteiger partial charge >= 0.3 is 0 Å². The monoisotopic (exact) mass is 336 g/mol. The Kier molecular flexibility index (Phi) is 5.09. The molecule has 1 aliphatic heterocycles. The van der Waals surface area contributed by atoms with Crippen molar-refractivity contribution in [2.24, 2.45) is 10.7 Å². The van der Waals surface area contributed by atoms with E-state index in [-0.39, 0.29) is 18.4 Å². The van der Waals surface area contributed by atoms with Crippen LogP contribution >= 0.6 is 0 Å². The number of fused-ring (bicyclic) bond motifs is 1. The maximum absolute atomic E-state index is 12.2. The number of benzene rings is 2. The number of hydrogen-bond acceptors (Lipinski definition) is 3. The van der Waals surface area contributed by atoms with Crippen LogP contribution in [0, 0.1) is 0 Å². The molecule has 0 saturated carbocycles. The summed E-state index contributed by atoms with van der Waals surface area (Å²) in [6.45, 7) is 1.20. The molecule has 0 radical (unpaired) electrons. The normalized spacial score (nSPS) is 13.9. The molecular weight excluding hydrogens is 316 g/mol. The van der Waals surface area contributed by atoms with E-state index >= 15 is 0 Å². The average Bonchev–Trinajstić information content (AvgIpc) is 2.88. The van der Waals surface area contributed by atoms with Crippen LogP contribution in [0.15, 0.2) is 59.6 Å². The molecular formula is C19H20N4O2. The molecule has 6 nitrogen and oxygen atoms in total. The fourth-order valence-electron chi connectivity index (χ4n) is 2.74. The molecule has 6 heteroatoms. The Morgan fingerprint density at radius 1 is 0.960 bits per heavy atom. The zero-order valence-electron chi connectivity index (χ0n) is 13.8. The number of aliphatic imine (C=N–C) groups is 1. The van der Waals surface area contributed by atoms with Gasteiger partial charge in [0.1, 0.15) is 0 Å². The van der Waals surface area contributed by atoms with Crippen LogP contribution in [0.25, 0.3) is 0 Å². The first-order chi connectivity index (χ1) is 12.2. The smallest absolute Gasteiger partial charge is 0.261 e. The molecule has 1 aliphatic rings. The highest BCUT2D eigenvalue weighted by Crippen LogP contribution is 2.21. The second-order valence-electron chi connectivity index (χ2n) is 5.74. The standard InChI is InChI=1S/C19H20N4O2/c20-19(21-11-10-14-6-2-1-3-7-14)22-12-13-23-17(24)15-8-4-5-9-16(15)18(23)25/h1-9H,10-13H2,(H3,20,21,22). The first-order valence-corrected chi connectivity index (χ1v) is 8.20. The first kappa shape index (κ1) is 16.7. The summed E-state index contributed by atoms with van der Waals surface area (Å²) in [7, 11) is 0. The highest BCUT2D eigenvalue weighted by molar-refractivity contribution is 6.21. The summed E-state index contributed by atoms with van der Waals surface area (Å²) in [5.74, 6) is -0.212. The molecule has 3 N–H and O–H groups in total. The Balaban J connectivity index is 1.46. The van der Waals surface area contributed by atoms with E-state index in [0.717, 1.165) is 6.42 Å². The number of rotatable bonds is 6. The fraction of sp³-hybridized carbons (Fsp3) is 0.211. The Morgan fingerprint density at radius 3 is 2.20 bits per heavy atom. The highest BCUT2D eigenvalue weighted by atomic mass is 16.2. The van der Waals surface area contributed by atoms with E-state index in [1.54, 1.807) is 24.3 Å². The minimum Gasteiger partial charge on any atom is -0.370 e. The van der Waals surface area contributed by atoms with Crippen molar-refractivity contribution in [2.75, 3.05) is 19.6 Å². The molecule has 0 saturated heterocycles. The lowest BCUT2D eigenvalue weighted by Crippen LogP contribution is -2.40. The molecule has 25 heavy (non-hydrogen) atoms. The third-order valence-electron chi connectivity index (χ3n) is 4.05. The third kappa shape index (κ3) is 3.85. The Bertz CT molecular complexity index is 767.